The Morgan fingerprint density at radius 3 is 3.19 bits per heavy atom. The van der Waals surface area contributed by atoms with Gasteiger partial charge in [0.1, 0.15) is 5.71 Å². The summed E-state index contributed by atoms with van der Waals surface area (Å²) in [6.07, 6.45) is 4.08. The average Bonchev–Trinajstić information content (AvgIpc) is 2.86. The lowest BCUT2D eigenvalue weighted by Gasteiger charge is -2.18. The van der Waals surface area contributed by atoms with Crippen LogP contribution in [0.5, 0.6) is 0 Å². The van der Waals surface area contributed by atoms with Gasteiger partial charge in [-0.15, -0.1) is 0 Å². The molecular weight excluding hydrogens is 206 g/mol. The summed E-state index contributed by atoms with van der Waals surface area (Å²) < 4.78 is 0. The van der Waals surface area contributed by atoms with Crippen molar-refractivity contribution >= 4 is 11.6 Å². The average molecular weight is 223 g/mol. The predicted molar refractivity (Wildman–Crippen MR) is 59.1 cm³/mol. The Hall–Kier alpha value is -1.10. The van der Waals surface area contributed by atoms with Gasteiger partial charge in [0.05, 0.1) is 0 Å². The van der Waals surface area contributed by atoms with E-state index in [-0.39, 0.29) is 11.5 Å². The molecule has 1 atom stereocenters. The minimum absolute atomic E-state index is 0.0457. The highest BCUT2D eigenvalue weighted by Gasteiger charge is 2.43. The van der Waals surface area contributed by atoms with E-state index in [2.05, 4.69) is 15.8 Å². The minimum Gasteiger partial charge on any atom is -0.387 e. The maximum absolute atomic E-state index is 11.8. The Kier molecular flexibility index (Phi) is 2.35. The molecule has 0 radical (unpaired) electrons. The van der Waals surface area contributed by atoms with Crippen molar-refractivity contribution in [1.29, 1.82) is 0 Å². The van der Waals surface area contributed by atoms with Crippen LogP contribution in [0.15, 0.2) is 5.16 Å². The number of oxime groups is 1. The van der Waals surface area contributed by atoms with Crippen LogP contribution in [0.1, 0.15) is 25.7 Å². The van der Waals surface area contributed by atoms with Gasteiger partial charge in [-0.3, -0.25) is 4.79 Å². The quantitative estimate of drug-likeness (QED) is 0.709. The normalized spacial score (nSPS) is 32.6. The van der Waals surface area contributed by atoms with Gasteiger partial charge in [-0.1, -0.05) is 5.16 Å². The second-order valence-electron chi connectivity index (χ2n) is 5.07. The maximum Gasteiger partial charge on any atom is 0.269 e. The fourth-order valence-corrected chi connectivity index (χ4v) is 2.25. The van der Waals surface area contributed by atoms with Crippen LogP contribution in [0.3, 0.4) is 0 Å². The standard InChI is InChI=1S/C11H17N3O2/c15-10(13-6-8-1-2-8)9-5-11(16-14-9)3-4-12-7-11/h8,12H,1-7H2,(H,13,15). The van der Waals surface area contributed by atoms with Crippen molar-refractivity contribution in [2.45, 2.75) is 31.3 Å². The van der Waals surface area contributed by atoms with Crippen LogP contribution in [0, 0.1) is 5.92 Å². The van der Waals surface area contributed by atoms with Crippen molar-refractivity contribution in [2.24, 2.45) is 11.1 Å². The molecule has 1 aliphatic carbocycles. The molecule has 3 rings (SSSR count). The minimum atomic E-state index is -0.230. The van der Waals surface area contributed by atoms with Gasteiger partial charge >= 0.3 is 0 Å². The fourth-order valence-electron chi connectivity index (χ4n) is 2.25. The number of amides is 1. The second kappa shape index (κ2) is 3.73. The summed E-state index contributed by atoms with van der Waals surface area (Å²) in [5, 5.41) is 10.1. The second-order valence-corrected chi connectivity index (χ2v) is 5.07. The highest BCUT2D eigenvalue weighted by molar-refractivity contribution is 6.39. The van der Waals surface area contributed by atoms with E-state index in [9.17, 15) is 4.79 Å². The van der Waals surface area contributed by atoms with Crippen molar-refractivity contribution in [3.8, 4) is 0 Å². The van der Waals surface area contributed by atoms with E-state index in [0.29, 0.717) is 18.1 Å². The molecule has 88 valence electrons. The summed E-state index contributed by atoms with van der Waals surface area (Å²) in [4.78, 5) is 17.2. The van der Waals surface area contributed by atoms with Crippen LogP contribution >= 0.6 is 0 Å². The number of nitrogens with one attached hydrogen (secondary N) is 2. The summed E-state index contributed by atoms with van der Waals surface area (Å²) >= 11 is 0. The molecule has 1 spiro atoms. The SMILES string of the molecule is O=C(NCC1CC1)C1=NOC2(CCNC2)C1. The lowest BCUT2D eigenvalue weighted by atomic mass is 9.96. The fraction of sp³-hybridized carbons (Fsp3) is 0.818. The van der Waals surface area contributed by atoms with E-state index in [4.69, 9.17) is 4.84 Å². The molecular formula is C11H17N3O2. The molecule has 1 saturated heterocycles. The zero-order chi connectivity index (χ0) is 11.0. The van der Waals surface area contributed by atoms with Gasteiger partial charge in [-0.25, -0.2) is 0 Å². The zero-order valence-corrected chi connectivity index (χ0v) is 9.29. The molecule has 2 N–H and O–H groups in total. The van der Waals surface area contributed by atoms with E-state index < -0.39 is 0 Å². The van der Waals surface area contributed by atoms with Gasteiger partial charge in [0.25, 0.3) is 5.91 Å². The molecule has 1 saturated carbocycles. The molecule has 5 heteroatoms. The van der Waals surface area contributed by atoms with Crippen LogP contribution in [-0.4, -0.2) is 36.9 Å². The number of rotatable bonds is 3. The molecule has 2 heterocycles. The predicted octanol–water partition coefficient (Wildman–Crippen LogP) is 0.0210. The first-order valence-electron chi connectivity index (χ1n) is 6.01. The Morgan fingerprint density at radius 2 is 2.50 bits per heavy atom. The van der Waals surface area contributed by atoms with Crippen LogP contribution in [0.25, 0.3) is 0 Å². The molecule has 16 heavy (non-hydrogen) atoms. The van der Waals surface area contributed by atoms with Gasteiger partial charge in [-0.2, -0.15) is 0 Å². The lowest BCUT2D eigenvalue weighted by molar-refractivity contribution is -0.115. The van der Waals surface area contributed by atoms with Crippen molar-refractivity contribution in [3.63, 3.8) is 0 Å². The van der Waals surface area contributed by atoms with Gasteiger partial charge in [0, 0.05) is 25.9 Å². The first-order chi connectivity index (χ1) is 7.77. The van der Waals surface area contributed by atoms with E-state index in [1.807, 2.05) is 0 Å². The van der Waals surface area contributed by atoms with Crippen LogP contribution in [-0.2, 0) is 9.63 Å². The summed E-state index contributed by atoms with van der Waals surface area (Å²) in [5.74, 6) is 0.657. The topological polar surface area (TPSA) is 62.7 Å². The highest BCUT2D eigenvalue weighted by atomic mass is 16.7. The van der Waals surface area contributed by atoms with Crippen molar-refractivity contribution in [1.82, 2.24) is 10.6 Å². The van der Waals surface area contributed by atoms with Crippen LogP contribution < -0.4 is 10.6 Å². The zero-order valence-electron chi connectivity index (χ0n) is 9.29. The van der Waals surface area contributed by atoms with E-state index in [1.165, 1.54) is 12.8 Å². The van der Waals surface area contributed by atoms with Crippen molar-refractivity contribution in [3.05, 3.63) is 0 Å². The first kappa shape index (κ1) is 10.1. The number of nitrogens with zero attached hydrogens (tertiary/aromatic N) is 1. The third kappa shape index (κ3) is 1.91. The molecule has 3 aliphatic rings. The van der Waals surface area contributed by atoms with Gasteiger partial charge in [0.15, 0.2) is 5.60 Å². The third-order valence-corrected chi connectivity index (χ3v) is 3.55. The highest BCUT2D eigenvalue weighted by Crippen LogP contribution is 2.30. The Balaban J connectivity index is 1.53. The number of carbonyl (C=O) groups is 1. The van der Waals surface area contributed by atoms with Crippen molar-refractivity contribution in [2.75, 3.05) is 19.6 Å². The van der Waals surface area contributed by atoms with E-state index >= 15 is 0 Å². The Morgan fingerprint density at radius 1 is 1.62 bits per heavy atom. The number of hydrogen-bond donors (Lipinski definition) is 2. The van der Waals surface area contributed by atoms with Gasteiger partial charge in [-0.05, 0) is 25.3 Å². The van der Waals surface area contributed by atoms with Gasteiger partial charge in [0.2, 0.25) is 0 Å². The van der Waals surface area contributed by atoms with E-state index in [0.717, 1.165) is 26.1 Å². The lowest BCUT2D eigenvalue weighted by Crippen LogP contribution is -2.36. The molecule has 0 bridgehead atoms. The largest absolute Gasteiger partial charge is 0.387 e. The Labute approximate surface area is 94.6 Å². The summed E-state index contributed by atoms with van der Waals surface area (Å²) in [6.45, 7) is 2.55. The molecule has 1 unspecified atom stereocenters. The smallest absolute Gasteiger partial charge is 0.269 e. The molecule has 0 aromatic rings. The summed E-state index contributed by atoms with van der Waals surface area (Å²) in [7, 11) is 0. The maximum atomic E-state index is 11.8. The summed E-state index contributed by atoms with van der Waals surface area (Å²) in [6, 6.07) is 0. The van der Waals surface area contributed by atoms with E-state index in [1.54, 1.807) is 0 Å². The molecule has 2 aliphatic heterocycles. The van der Waals surface area contributed by atoms with Crippen molar-refractivity contribution < 1.29 is 9.63 Å². The number of hydrogen-bond acceptors (Lipinski definition) is 4. The number of carbonyl (C=O) groups excluding carboxylic acids is 1. The first-order valence-corrected chi connectivity index (χ1v) is 6.01. The third-order valence-electron chi connectivity index (χ3n) is 3.55. The molecule has 5 nitrogen and oxygen atoms in total. The van der Waals surface area contributed by atoms with Crippen LogP contribution in [0.4, 0.5) is 0 Å². The molecule has 0 aromatic carbocycles. The van der Waals surface area contributed by atoms with Gasteiger partial charge < -0.3 is 15.5 Å². The summed E-state index contributed by atoms with van der Waals surface area (Å²) in [5.41, 5.74) is 0.330. The Bertz CT molecular complexity index is 330. The molecule has 1 amide bonds. The molecule has 2 fully saturated rings. The monoisotopic (exact) mass is 223 g/mol. The molecule has 0 aromatic heterocycles. The van der Waals surface area contributed by atoms with Crippen LogP contribution in [0.2, 0.25) is 0 Å².